The number of hydrogen-bond donors (Lipinski definition) is 0. The summed E-state index contributed by atoms with van der Waals surface area (Å²) in [5.41, 5.74) is 0.273. The van der Waals surface area contributed by atoms with Crippen LogP contribution in [0.1, 0.15) is 19.4 Å². The molecule has 0 aliphatic rings. The van der Waals surface area contributed by atoms with Crippen LogP contribution in [0.2, 0.25) is 0 Å². The van der Waals surface area contributed by atoms with Gasteiger partial charge in [-0.25, -0.2) is 4.39 Å². The zero-order valence-corrected chi connectivity index (χ0v) is 8.65. The second-order valence-corrected chi connectivity index (χ2v) is 2.46. The highest BCUT2D eigenvalue weighted by Gasteiger charge is 2.31. The van der Waals surface area contributed by atoms with Crippen molar-refractivity contribution in [2.45, 2.75) is 27.1 Å². The summed E-state index contributed by atoms with van der Waals surface area (Å²) in [7, 11) is 0. The van der Waals surface area contributed by atoms with E-state index in [-0.39, 0.29) is 5.56 Å². The van der Waals surface area contributed by atoms with Gasteiger partial charge in [0, 0.05) is 6.07 Å². The molecule has 0 unspecified atom stereocenters. The molecule has 1 nitrogen and oxygen atoms in total. The Bertz CT molecular complexity index is 307. The summed E-state index contributed by atoms with van der Waals surface area (Å²) in [5, 5.41) is 0. The molecule has 0 aliphatic heterocycles. The Balaban J connectivity index is 0.000000921. The van der Waals surface area contributed by atoms with E-state index in [0.29, 0.717) is 6.07 Å². The van der Waals surface area contributed by atoms with Crippen molar-refractivity contribution in [2.24, 2.45) is 0 Å². The van der Waals surface area contributed by atoms with Crippen molar-refractivity contribution in [2.75, 3.05) is 0 Å². The number of rotatable bonds is 1. The fourth-order valence-electron chi connectivity index (χ4n) is 0.771. The van der Waals surface area contributed by atoms with Gasteiger partial charge in [0.1, 0.15) is 11.6 Å². The highest BCUT2D eigenvalue weighted by Crippen LogP contribution is 2.23. The molecular weight excluding hydrogens is 212 g/mol. The summed E-state index contributed by atoms with van der Waals surface area (Å²) in [5.74, 6) is -1.27. The fraction of sp³-hybridized carbons (Fsp3) is 0.400. The minimum atomic E-state index is -4.78. The van der Waals surface area contributed by atoms with Crippen LogP contribution in [0, 0.1) is 12.7 Å². The molecule has 0 fully saturated rings. The maximum absolute atomic E-state index is 12.7. The Morgan fingerprint density at radius 2 is 1.67 bits per heavy atom. The van der Waals surface area contributed by atoms with Crippen LogP contribution in [0.5, 0.6) is 5.75 Å². The van der Waals surface area contributed by atoms with E-state index in [1.165, 1.54) is 13.0 Å². The van der Waals surface area contributed by atoms with Crippen LogP contribution in [-0.4, -0.2) is 6.36 Å². The van der Waals surface area contributed by atoms with Crippen molar-refractivity contribution in [3.8, 4) is 5.75 Å². The highest BCUT2D eigenvalue weighted by molar-refractivity contribution is 5.28. The number of hydrogen-bond acceptors (Lipinski definition) is 1. The smallest absolute Gasteiger partial charge is 0.406 e. The lowest BCUT2D eigenvalue weighted by molar-refractivity contribution is -0.274. The van der Waals surface area contributed by atoms with Gasteiger partial charge in [-0.05, 0) is 18.6 Å². The SMILES string of the molecule is CC.Cc1ccc(OC(F)(F)F)cc1F. The number of aryl methyl sites for hydroxylation is 1. The highest BCUT2D eigenvalue weighted by atomic mass is 19.4. The molecule has 1 rings (SSSR count). The van der Waals surface area contributed by atoms with Crippen LogP contribution in [0.3, 0.4) is 0 Å². The lowest BCUT2D eigenvalue weighted by Crippen LogP contribution is -2.17. The summed E-state index contributed by atoms with van der Waals surface area (Å²) in [6, 6.07) is 2.98. The molecule has 0 radical (unpaired) electrons. The van der Waals surface area contributed by atoms with Gasteiger partial charge in [0.15, 0.2) is 0 Å². The van der Waals surface area contributed by atoms with Crippen LogP contribution in [-0.2, 0) is 0 Å². The molecule has 15 heavy (non-hydrogen) atoms. The first-order valence-electron chi connectivity index (χ1n) is 4.40. The lowest BCUT2D eigenvalue weighted by atomic mass is 10.2. The second kappa shape index (κ2) is 5.58. The van der Waals surface area contributed by atoms with E-state index in [0.717, 1.165) is 6.07 Å². The maximum Gasteiger partial charge on any atom is 0.573 e. The number of halogens is 4. The van der Waals surface area contributed by atoms with E-state index >= 15 is 0 Å². The van der Waals surface area contributed by atoms with E-state index < -0.39 is 17.9 Å². The first-order chi connectivity index (χ1) is 6.88. The minimum absolute atomic E-state index is 0.273. The molecule has 86 valence electrons. The van der Waals surface area contributed by atoms with E-state index in [9.17, 15) is 17.6 Å². The quantitative estimate of drug-likeness (QED) is 0.653. The van der Waals surface area contributed by atoms with Crippen LogP contribution < -0.4 is 4.74 Å². The third-order valence-electron chi connectivity index (χ3n) is 1.38. The molecule has 5 heteroatoms. The monoisotopic (exact) mass is 224 g/mol. The minimum Gasteiger partial charge on any atom is -0.406 e. The van der Waals surface area contributed by atoms with Crippen molar-refractivity contribution in [3.05, 3.63) is 29.6 Å². The fourth-order valence-corrected chi connectivity index (χ4v) is 0.771. The molecule has 1 aromatic rings. The maximum atomic E-state index is 12.7. The van der Waals surface area contributed by atoms with Crippen LogP contribution >= 0.6 is 0 Å². The summed E-state index contributed by atoms with van der Waals surface area (Å²) in [6.45, 7) is 5.45. The Morgan fingerprint density at radius 1 is 1.13 bits per heavy atom. The molecule has 0 saturated heterocycles. The van der Waals surface area contributed by atoms with E-state index in [1.807, 2.05) is 13.8 Å². The van der Waals surface area contributed by atoms with E-state index in [1.54, 1.807) is 0 Å². The topological polar surface area (TPSA) is 9.23 Å². The van der Waals surface area contributed by atoms with Crippen molar-refractivity contribution in [1.82, 2.24) is 0 Å². The van der Waals surface area contributed by atoms with Gasteiger partial charge >= 0.3 is 6.36 Å². The molecular formula is C10H12F4O. The Morgan fingerprint density at radius 3 is 2.07 bits per heavy atom. The first-order valence-corrected chi connectivity index (χ1v) is 4.40. The van der Waals surface area contributed by atoms with Gasteiger partial charge in [-0.1, -0.05) is 19.9 Å². The van der Waals surface area contributed by atoms with Gasteiger partial charge in [-0.15, -0.1) is 13.2 Å². The summed E-state index contributed by atoms with van der Waals surface area (Å²) < 4.78 is 51.1. The molecule has 0 heterocycles. The van der Waals surface area contributed by atoms with E-state index in [2.05, 4.69) is 4.74 Å². The van der Waals surface area contributed by atoms with Gasteiger partial charge in [-0.2, -0.15) is 0 Å². The van der Waals surface area contributed by atoms with Gasteiger partial charge in [0.2, 0.25) is 0 Å². The lowest BCUT2D eigenvalue weighted by Gasteiger charge is -2.08. The molecule has 0 aromatic heterocycles. The van der Waals surface area contributed by atoms with Gasteiger partial charge < -0.3 is 4.74 Å². The third-order valence-corrected chi connectivity index (χ3v) is 1.38. The number of benzene rings is 1. The number of alkyl halides is 3. The summed E-state index contributed by atoms with van der Waals surface area (Å²) >= 11 is 0. The van der Waals surface area contributed by atoms with Gasteiger partial charge in [0.25, 0.3) is 0 Å². The van der Waals surface area contributed by atoms with Gasteiger partial charge in [0.05, 0.1) is 0 Å². The molecule has 1 aromatic carbocycles. The van der Waals surface area contributed by atoms with Crippen molar-refractivity contribution in [1.29, 1.82) is 0 Å². The molecule has 0 aliphatic carbocycles. The zero-order chi connectivity index (χ0) is 12.1. The van der Waals surface area contributed by atoms with Crippen molar-refractivity contribution < 1.29 is 22.3 Å². The largest absolute Gasteiger partial charge is 0.573 e. The predicted molar refractivity (Wildman–Crippen MR) is 49.2 cm³/mol. The molecule has 0 atom stereocenters. The number of ether oxygens (including phenoxy) is 1. The molecule has 0 spiro atoms. The third kappa shape index (κ3) is 5.24. The predicted octanol–water partition coefficient (Wildman–Crippen LogP) is 4.06. The first kappa shape index (κ1) is 13.7. The normalized spacial score (nSPS) is 10.3. The molecule has 0 amide bonds. The zero-order valence-electron chi connectivity index (χ0n) is 8.65. The summed E-state index contributed by atoms with van der Waals surface area (Å²) in [6.07, 6.45) is -4.78. The average molecular weight is 224 g/mol. The Hall–Kier alpha value is -1.26. The Labute approximate surface area is 85.7 Å². The van der Waals surface area contributed by atoms with E-state index in [4.69, 9.17) is 0 Å². The van der Waals surface area contributed by atoms with Crippen LogP contribution in [0.15, 0.2) is 18.2 Å². The molecule has 0 N–H and O–H groups in total. The molecule has 0 bridgehead atoms. The van der Waals surface area contributed by atoms with Crippen molar-refractivity contribution >= 4 is 0 Å². The average Bonchev–Trinajstić information content (AvgIpc) is 2.12. The summed E-state index contributed by atoms with van der Waals surface area (Å²) in [4.78, 5) is 0. The van der Waals surface area contributed by atoms with Crippen LogP contribution in [0.25, 0.3) is 0 Å². The molecule has 0 saturated carbocycles. The Kier molecular flexibility index (Phi) is 5.11. The standard InChI is InChI=1S/C8H6F4O.C2H6/c1-5-2-3-6(4-7(5)9)13-8(10,11)12;1-2/h2-4H,1H3;1-2H3. The van der Waals surface area contributed by atoms with Crippen molar-refractivity contribution in [3.63, 3.8) is 0 Å². The second-order valence-electron chi connectivity index (χ2n) is 2.46. The van der Waals surface area contributed by atoms with Gasteiger partial charge in [-0.3, -0.25) is 0 Å². The van der Waals surface area contributed by atoms with Crippen LogP contribution in [0.4, 0.5) is 17.6 Å².